The Bertz CT molecular complexity index is 1610. The van der Waals surface area contributed by atoms with E-state index in [-0.39, 0.29) is 11.8 Å². The van der Waals surface area contributed by atoms with Crippen LogP contribution in [0, 0.1) is 11.3 Å². The first-order valence-corrected chi connectivity index (χ1v) is 13.6. The summed E-state index contributed by atoms with van der Waals surface area (Å²) in [4.78, 5) is 11.0. The zero-order valence-electron chi connectivity index (χ0n) is 20.1. The molecule has 0 unspecified atom stereocenters. The van der Waals surface area contributed by atoms with Crippen LogP contribution in [-0.2, 0) is 15.6 Å². The molecule has 13 heteroatoms. The van der Waals surface area contributed by atoms with Crippen molar-refractivity contribution in [1.82, 2.24) is 19.6 Å². The van der Waals surface area contributed by atoms with Crippen molar-refractivity contribution in [2.75, 3.05) is 40.6 Å². The number of pyridine rings is 1. The Hall–Kier alpha value is -4.41. The van der Waals surface area contributed by atoms with E-state index in [4.69, 9.17) is 11.5 Å². The summed E-state index contributed by atoms with van der Waals surface area (Å²) in [6.45, 7) is 1.45. The first kappa shape index (κ1) is 24.3. The lowest BCUT2D eigenvalue weighted by atomic mass is 10.1. The van der Waals surface area contributed by atoms with Crippen molar-refractivity contribution in [1.29, 1.82) is 5.26 Å². The van der Waals surface area contributed by atoms with Crippen molar-refractivity contribution in [2.24, 2.45) is 5.73 Å². The number of nitrogens with one attached hydrogen (secondary N) is 2. The fraction of sp³-hybridized carbons (Fsp3) is 0.250. The number of fused-ring (bicyclic) bond motifs is 1. The predicted octanol–water partition coefficient (Wildman–Crippen LogP) is 2.15. The summed E-state index contributed by atoms with van der Waals surface area (Å²) >= 11 is 0. The standard InChI is InChI=1S/C24H26N10O2S/c1-37(35,36)14-15-8-19(3-4-20(15)33-7-6-18(27)13-33)30-22-9-23(31-21-5-2-17(26)12-28-21)34-24(32-22)16(10-25)11-29-34/h2-5,8-9,11-12,18H,6-7,13-14,26-27H2,1H3,(H,28,31)(H,30,32)/t18-/m0/s1. The normalized spacial score (nSPS) is 15.6. The second-order valence-electron chi connectivity index (χ2n) is 9.07. The van der Waals surface area contributed by atoms with E-state index in [1.165, 1.54) is 23.2 Å². The number of nitrogens with zero attached hydrogens (tertiary/aromatic N) is 6. The molecule has 4 aromatic rings. The SMILES string of the molecule is CS(=O)(=O)Cc1cc(Nc2cc(Nc3ccc(N)cn3)n3ncc(C#N)c3n2)ccc1N1CC[C@H](N)C1. The Morgan fingerprint density at radius 3 is 2.68 bits per heavy atom. The van der Waals surface area contributed by atoms with E-state index < -0.39 is 9.84 Å². The molecule has 0 spiro atoms. The Morgan fingerprint density at radius 1 is 1.16 bits per heavy atom. The Balaban J connectivity index is 1.52. The molecule has 37 heavy (non-hydrogen) atoms. The lowest BCUT2D eigenvalue weighted by Gasteiger charge is -2.22. The number of nitriles is 1. The molecule has 1 aliphatic heterocycles. The van der Waals surface area contributed by atoms with Crippen molar-refractivity contribution in [2.45, 2.75) is 18.2 Å². The molecule has 0 amide bonds. The summed E-state index contributed by atoms with van der Waals surface area (Å²) in [5.74, 6) is 1.38. The lowest BCUT2D eigenvalue weighted by molar-refractivity contribution is 0.601. The van der Waals surface area contributed by atoms with Crippen molar-refractivity contribution in [3.8, 4) is 6.07 Å². The summed E-state index contributed by atoms with van der Waals surface area (Å²) in [5, 5.41) is 20.2. The Morgan fingerprint density at radius 2 is 2.00 bits per heavy atom. The summed E-state index contributed by atoms with van der Waals surface area (Å²) in [7, 11) is -3.28. The maximum atomic E-state index is 12.2. The molecule has 0 radical (unpaired) electrons. The molecular weight excluding hydrogens is 492 g/mol. The number of nitrogen functional groups attached to an aromatic ring is 1. The van der Waals surface area contributed by atoms with E-state index in [0.29, 0.717) is 52.1 Å². The summed E-state index contributed by atoms with van der Waals surface area (Å²) in [6.07, 6.45) is 5.04. The minimum absolute atomic E-state index is 0.0614. The number of nitrogens with two attached hydrogens (primary N) is 2. The number of hydrogen-bond donors (Lipinski definition) is 4. The third-order valence-electron chi connectivity index (χ3n) is 5.97. The minimum Gasteiger partial charge on any atom is -0.397 e. The maximum absolute atomic E-state index is 12.2. The van der Waals surface area contributed by atoms with E-state index in [0.717, 1.165) is 18.7 Å². The number of aromatic nitrogens is 4. The summed E-state index contributed by atoms with van der Waals surface area (Å²) in [6, 6.07) is 12.9. The highest BCUT2D eigenvalue weighted by atomic mass is 32.2. The van der Waals surface area contributed by atoms with Crippen LogP contribution in [0.2, 0.25) is 0 Å². The van der Waals surface area contributed by atoms with Crippen LogP contribution in [0.3, 0.4) is 0 Å². The van der Waals surface area contributed by atoms with Gasteiger partial charge in [-0.3, -0.25) is 0 Å². The van der Waals surface area contributed by atoms with Crippen molar-refractivity contribution >= 4 is 50.0 Å². The molecule has 1 fully saturated rings. The molecule has 0 bridgehead atoms. The largest absolute Gasteiger partial charge is 0.397 e. The summed E-state index contributed by atoms with van der Waals surface area (Å²) in [5.41, 5.74) is 15.2. The highest BCUT2D eigenvalue weighted by molar-refractivity contribution is 7.89. The summed E-state index contributed by atoms with van der Waals surface area (Å²) < 4.78 is 25.9. The molecule has 1 aromatic carbocycles. The molecule has 190 valence electrons. The zero-order chi connectivity index (χ0) is 26.2. The van der Waals surface area contributed by atoms with Crippen LogP contribution >= 0.6 is 0 Å². The van der Waals surface area contributed by atoms with E-state index in [9.17, 15) is 13.7 Å². The minimum atomic E-state index is -3.28. The van der Waals surface area contributed by atoms with Gasteiger partial charge in [-0.2, -0.15) is 14.9 Å². The Labute approximate surface area is 213 Å². The molecule has 4 heterocycles. The smallest absolute Gasteiger partial charge is 0.177 e. The van der Waals surface area contributed by atoms with Gasteiger partial charge in [0.25, 0.3) is 0 Å². The molecular formula is C24H26N10O2S. The highest BCUT2D eigenvalue weighted by Crippen LogP contribution is 2.31. The average molecular weight is 519 g/mol. The van der Waals surface area contributed by atoms with Crippen LogP contribution < -0.4 is 27.0 Å². The van der Waals surface area contributed by atoms with Crippen LogP contribution in [0.5, 0.6) is 0 Å². The number of hydrogen-bond acceptors (Lipinski definition) is 11. The zero-order valence-corrected chi connectivity index (χ0v) is 20.9. The molecule has 0 saturated carbocycles. The van der Waals surface area contributed by atoms with Gasteiger partial charge in [0, 0.05) is 42.8 Å². The second-order valence-corrected chi connectivity index (χ2v) is 11.2. The van der Waals surface area contributed by atoms with Gasteiger partial charge >= 0.3 is 0 Å². The second kappa shape index (κ2) is 9.57. The van der Waals surface area contributed by atoms with Crippen LogP contribution in [-0.4, -0.2) is 53.4 Å². The van der Waals surface area contributed by atoms with E-state index in [1.54, 1.807) is 18.2 Å². The van der Waals surface area contributed by atoms with Gasteiger partial charge in [0.1, 0.15) is 29.1 Å². The lowest BCUT2D eigenvalue weighted by Crippen LogP contribution is -2.27. The van der Waals surface area contributed by atoms with Crippen LogP contribution in [0.15, 0.2) is 48.8 Å². The third kappa shape index (κ3) is 5.40. The van der Waals surface area contributed by atoms with E-state index >= 15 is 0 Å². The van der Waals surface area contributed by atoms with Gasteiger partial charge in [0.15, 0.2) is 15.5 Å². The van der Waals surface area contributed by atoms with Crippen LogP contribution in [0.4, 0.5) is 34.5 Å². The van der Waals surface area contributed by atoms with E-state index in [2.05, 4.69) is 36.7 Å². The molecule has 3 aromatic heterocycles. The molecule has 12 nitrogen and oxygen atoms in total. The van der Waals surface area contributed by atoms with Crippen molar-refractivity contribution in [3.63, 3.8) is 0 Å². The molecule has 6 N–H and O–H groups in total. The fourth-order valence-corrected chi connectivity index (χ4v) is 5.13. The van der Waals surface area contributed by atoms with Gasteiger partial charge in [0.2, 0.25) is 0 Å². The number of sulfone groups is 1. The van der Waals surface area contributed by atoms with Crippen LogP contribution in [0.1, 0.15) is 17.5 Å². The van der Waals surface area contributed by atoms with Crippen molar-refractivity contribution < 1.29 is 8.42 Å². The number of anilines is 6. The first-order valence-electron chi connectivity index (χ1n) is 11.5. The molecule has 0 aliphatic carbocycles. The molecule has 1 saturated heterocycles. The molecule has 5 rings (SSSR count). The highest BCUT2D eigenvalue weighted by Gasteiger charge is 2.23. The Kier molecular flexibility index (Phi) is 6.28. The number of rotatable bonds is 7. The van der Waals surface area contributed by atoms with Gasteiger partial charge in [-0.25, -0.2) is 18.4 Å². The topological polar surface area (TPSA) is 180 Å². The van der Waals surface area contributed by atoms with Gasteiger partial charge in [0.05, 0.1) is 23.8 Å². The predicted molar refractivity (Wildman–Crippen MR) is 143 cm³/mol. The van der Waals surface area contributed by atoms with Crippen molar-refractivity contribution in [3.05, 3.63) is 59.9 Å². The maximum Gasteiger partial charge on any atom is 0.177 e. The van der Waals surface area contributed by atoms with Gasteiger partial charge in [-0.1, -0.05) is 0 Å². The van der Waals surface area contributed by atoms with Crippen LogP contribution in [0.25, 0.3) is 5.65 Å². The first-order chi connectivity index (χ1) is 17.7. The van der Waals surface area contributed by atoms with Gasteiger partial charge in [-0.15, -0.1) is 0 Å². The monoisotopic (exact) mass is 518 g/mol. The quantitative estimate of drug-likeness (QED) is 0.281. The van der Waals surface area contributed by atoms with Gasteiger partial charge in [-0.05, 0) is 42.3 Å². The molecule has 1 atom stereocenters. The fourth-order valence-electron chi connectivity index (χ4n) is 4.33. The average Bonchev–Trinajstić information content (AvgIpc) is 3.46. The number of benzene rings is 1. The van der Waals surface area contributed by atoms with Gasteiger partial charge < -0.3 is 27.0 Å². The van der Waals surface area contributed by atoms with E-state index in [1.807, 2.05) is 18.2 Å². The third-order valence-corrected chi connectivity index (χ3v) is 6.81. The molecule has 1 aliphatic rings.